The summed E-state index contributed by atoms with van der Waals surface area (Å²) in [7, 11) is 1.43. The molecule has 1 aliphatic rings. The van der Waals surface area contributed by atoms with Crippen molar-refractivity contribution in [3.8, 4) is 17.2 Å². The van der Waals surface area contributed by atoms with Crippen LogP contribution in [0.2, 0.25) is 0 Å². The Morgan fingerprint density at radius 2 is 1.96 bits per heavy atom. The maximum atomic E-state index is 12.2. The Kier molecular flexibility index (Phi) is 4.07. The van der Waals surface area contributed by atoms with Gasteiger partial charge in [-0.2, -0.15) is 0 Å². The molecule has 126 valence electrons. The van der Waals surface area contributed by atoms with Crippen molar-refractivity contribution in [1.29, 1.82) is 0 Å². The lowest BCUT2D eigenvalue weighted by Crippen LogP contribution is -2.54. The molecule has 0 fully saturated rings. The third-order valence-electron chi connectivity index (χ3n) is 4.46. The summed E-state index contributed by atoms with van der Waals surface area (Å²) in [5.41, 5.74) is 0.839. The average Bonchev–Trinajstić information content (AvgIpc) is 2.56. The lowest BCUT2D eigenvalue weighted by molar-refractivity contribution is -0.145. The largest absolute Gasteiger partial charge is 0.508 e. The van der Waals surface area contributed by atoms with E-state index in [1.165, 1.54) is 19.2 Å². The number of fused-ring (bicyclic) bond motifs is 1. The van der Waals surface area contributed by atoms with Crippen molar-refractivity contribution in [2.24, 2.45) is 0 Å². The monoisotopic (exact) mass is 329 g/mol. The zero-order valence-corrected chi connectivity index (χ0v) is 13.2. The van der Waals surface area contributed by atoms with Crippen molar-refractivity contribution in [2.75, 3.05) is 13.7 Å². The lowest BCUT2D eigenvalue weighted by atomic mass is 9.78. The van der Waals surface area contributed by atoms with Gasteiger partial charge in [0.05, 0.1) is 7.11 Å². The normalized spacial score (nSPS) is 19.5. The van der Waals surface area contributed by atoms with Crippen LogP contribution in [0, 0.1) is 0 Å². The average molecular weight is 329 g/mol. The van der Waals surface area contributed by atoms with Crippen LogP contribution >= 0.6 is 0 Å². The van der Waals surface area contributed by atoms with Crippen molar-refractivity contribution in [3.63, 3.8) is 0 Å². The van der Waals surface area contributed by atoms with E-state index in [1.807, 2.05) is 0 Å². The fourth-order valence-electron chi connectivity index (χ4n) is 3.23. The molecule has 6 nitrogen and oxygen atoms in total. The van der Waals surface area contributed by atoms with E-state index in [-0.39, 0.29) is 23.7 Å². The summed E-state index contributed by atoms with van der Waals surface area (Å²) in [5.74, 6) is -0.619. The molecule has 4 N–H and O–H groups in total. The van der Waals surface area contributed by atoms with E-state index in [9.17, 15) is 20.1 Å². The molecule has 1 aliphatic heterocycles. The van der Waals surface area contributed by atoms with Gasteiger partial charge in [0.2, 0.25) is 0 Å². The van der Waals surface area contributed by atoms with E-state index in [0.29, 0.717) is 18.5 Å². The number of rotatable bonds is 4. The summed E-state index contributed by atoms with van der Waals surface area (Å²) in [4.78, 5) is 12.2. The summed E-state index contributed by atoms with van der Waals surface area (Å²) in [6.07, 6.45) is 0.834. The van der Waals surface area contributed by atoms with Crippen LogP contribution in [-0.2, 0) is 23.2 Å². The van der Waals surface area contributed by atoms with Crippen LogP contribution in [-0.4, -0.2) is 34.9 Å². The second kappa shape index (κ2) is 6.05. The van der Waals surface area contributed by atoms with Crippen LogP contribution in [0.3, 0.4) is 0 Å². The molecule has 0 radical (unpaired) electrons. The maximum Gasteiger partial charge on any atom is 0.328 e. The van der Waals surface area contributed by atoms with Gasteiger partial charge in [-0.3, -0.25) is 5.32 Å². The van der Waals surface area contributed by atoms with Crippen LogP contribution in [0.25, 0.3) is 0 Å². The highest BCUT2D eigenvalue weighted by molar-refractivity contribution is 5.83. The zero-order chi connectivity index (χ0) is 17.3. The molecule has 1 unspecified atom stereocenters. The number of methoxy groups -OCH3 is 1. The third-order valence-corrected chi connectivity index (χ3v) is 4.46. The summed E-state index contributed by atoms with van der Waals surface area (Å²) in [6, 6.07) is 9.63. The number of phenolic OH excluding ortho intramolecular Hbond substituents is 2. The number of hydrogen-bond acceptors (Lipinski definition) is 5. The highest BCUT2D eigenvalue weighted by Gasteiger charge is 2.44. The Balaban J connectivity index is 2.12. The van der Waals surface area contributed by atoms with Crippen LogP contribution in [0.5, 0.6) is 17.2 Å². The SMILES string of the molecule is COc1cc2c(cc1O)CCNC2(Cc1ccc(O)cc1)C(=O)O. The van der Waals surface area contributed by atoms with Crippen molar-refractivity contribution in [3.05, 3.63) is 53.1 Å². The van der Waals surface area contributed by atoms with Crippen LogP contribution < -0.4 is 10.1 Å². The van der Waals surface area contributed by atoms with Crippen LogP contribution in [0.1, 0.15) is 16.7 Å². The Morgan fingerprint density at radius 3 is 2.58 bits per heavy atom. The number of phenols is 2. The van der Waals surface area contributed by atoms with Crippen molar-refractivity contribution in [1.82, 2.24) is 5.32 Å². The standard InChI is InChI=1S/C18H19NO5/c1-24-16-9-14-12(8-15(16)21)6-7-19-18(14,17(22)23)10-11-2-4-13(20)5-3-11/h2-5,8-9,19-21H,6-7,10H2,1H3,(H,22,23). The molecule has 0 amide bonds. The molecule has 24 heavy (non-hydrogen) atoms. The summed E-state index contributed by atoms with van der Waals surface area (Å²) >= 11 is 0. The number of nitrogens with one attached hydrogen (secondary N) is 1. The van der Waals surface area contributed by atoms with Crippen molar-refractivity contribution in [2.45, 2.75) is 18.4 Å². The van der Waals surface area contributed by atoms with Gasteiger partial charge in [0.1, 0.15) is 11.3 Å². The fraction of sp³-hybridized carbons (Fsp3) is 0.278. The highest BCUT2D eigenvalue weighted by atomic mass is 16.5. The molecule has 3 rings (SSSR count). The molecular formula is C18H19NO5. The van der Waals surface area contributed by atoms with Gasteiger partial charge in [-0.05, 0) is 47.4 Å². The highest BCUT2D eigenvalue weighted by Crippen LogP contribution is 2.39. The molecule has 0 spiro atoms. The molecule has 1 atom stereocenters. The number of aromatic hydroxyl groups is 2. The second-order valence-electron chi connectivity index (χ2n) is 5.91. The first-order valence-corrected chi connectivity index (χ1v) is 7.63. The van der Waals surface area contributed by atoms with E-state index in [1.54, 1.807) is 24.3 Å². The number of carboxylic acids is 1. The van der Waals surface area contributed by atoms with Gasteiger partial charge in [-0.25, -0.2) is 4.79 Å². The molecule has 0 aromatic heterocycles. The first-order chi connectivity index (χ1) is 11.5. The topological polar surface area (TPSA) is 99.0 Å². The minimum Gasteiger partial charge on any atom is -0.508 e. The maximum absolute atomic E-state index is 12.2. The van der Waals surface area contributed by atoms with E-state index < -0.39 is 11.5 Å². The molecule has 6 heteroatoms. The predicted molar refractivity (Wildman–Crippen MR) is 87.5 cm³/mol. The van der Waals surface area contributed by atoms with Gasteiger partial charge < -0.3 is 20.1 Å². The molecule has 2 aromatic rings. The third kappa shape index (κ3) is 2.65. The van der Waals surface area contributed by atoms with E-state index >= 15 is 0 Å². The Hall–Kier alpha value is -2.73. The smallest absolute Gasteiger partial charge is 0.328 e. The van der Waals surface area contributed by atoms with E-state index in [0.717, 1.165) is 11.1 Å². The summed E-state index contributed by atoms with van der Waals surface area (Å²) in [5, 5.41) is 32.5. The first kappa shape index (κ1) is 16.1. The quantitative estimate of drug-likeness (QED) is 0.682. The van der Waals surface area contributed by atoms with Gasteiger partial charge >= 0.3 is 5.97 Å². The number of hydrogen-bond donors (Lipinski definition) is 4. The Labute approximate surface area is 139 Å². The Bertz CT molecular complexity index is 772. The predicted octanol–water partition coefficient (Wildman–Crippen LogP) is 1.77. The number of carboxylic acid groups (broad SMARTS) is 1. The molecule has 2 aromatic carbocycles. The summed E-state index contributed by atoms with van der Waals surface area (Å²) < 4.78 is 5.15. The minimum atomic E-state index is -1.31. The molecule has 0 saturated heterocycles. The van der Waals surface area contributed by atoms with E-state index in [4.69, 9.17) is 4.74 Å². The number of aliphatic carboxylic acids is 1. The van der Waals surface area contributed by atoms with Gasteiger partial charge in [0.25, 0.3) is 0 Å². The number of benzene rings is 2. The molecule has 0 bridgehead atoms. The second-order valence-corrected chi connectivity index (χ2v) is 5.91. The van der Waals surface area contributed by atoms with Gasteiger partial charge in [0, 0.05) is 13.0 Å². The lowest BCUT2D eigenvalue weighted by Gasteiger charge is -2.37. The Morgan fingerprint density at radius 1 is 1.25 bits per heavy atom. The van der Waals surface area contributed by atoms with Gasteiger partial charge in [-0.1, -0.05) is 12.1 Å². The van der Waals surface area contributed by atoms with Crippen molar-refractivity contribution >= 4 is 5.97 Å². The van der Waals surface area contributed by atoms with E-state index in [2.05, 4.69) is 5.32 Å². The first-order valence-electron chi connectivity index (χ1n) is 7.63. The number of carbonyl (C=O) groups is 1. The molecule has 1 heterocycles. The van der Waals surface area contributed by atoms with Crippen molar-refractivity contribution < 1.29 is 24.9 Å². The minimum absolute atomic E-state index is 0.00192. The molecular weight excluding hydrogens is 310 g/mol. The zero-order valence-electron chi connectivity index (χ0n) is 13.2. The summed E-state index contributed by atoms with van der Waals surface area (Å²) in [6.45, 7) is 0.489. The molecule has 0 aliphatic carbocycles. The van der Waals surface area contributed by atoms with Gasteiger partial charge in [-0.15, -0.1) is 0 Å². The molecule has 0 saturated carbocycles. The van der Waals surface area contributed by atoms with Crippen LogP contribution in [0.4, 0.5) is 0 Å². The number of ether oxygens (including phenoxy) is 1. The fourth-order valence-corrected chi connectivity index (χ4v) is 3.23. The van der Waals surface area contributed by atoms with Gasteiger partial charge in [0.15, 0.2) is 11.5 Å². The van der Waals surface area contributed by atoms with Crippen LogP contribution in [0.15, 0.2) is 36.4 Å².